The summed E-state index contributed by atoms with van der Waals surface area (Å²) in [5.41, 5.74) is 1.69. The molecular formula is C19H21NO5S. The first-order valence-electron chi connectivity index (χ1n) is 8.54. The Morgan fingerprint density at radius 1 is 1.27 bits per heavy atom. The minimum Gasteiger partial charge on any atom is -0.490 e. The van der Waals surface area contributed by atoms with E-state index < -0.39 is 12.6 Å². The molecule has 1 atom stereocenters. The lowest BCUT2D eigenvalue weighted by Crippen LogP contribution is -2.30. The number of aliphatic carboxylic acids is 1. The third-order valence-electron chi connectivity index (χ3n) is 4.28. The van der Waals surface area contributed by atoms with Gasteiger partial charge in [0.05, 0.1) is 12.6 Å². The Bertz CT molecular complexity index is 774. The number of ether oxygens (including phenoxy) is 2. The molecule has 1 aromatic heterocycles. The van der Waals surface area contributed by atoms with Crippen molar-refractivity contribution in [2.75, 3.05) is 19.8 Å². The van der Waals surface area contributed by atoms with Crippen LogP contribution in [0, 0.1) is 0 Å². The highest BCUT2D eigenvalue weighted by Crippen LogP contribution is 2.35. The van der Waals surface area contributed by atoms with Crippen LogP contribution in [-0.2, 0) is 4.79 Å². The molecule has 3 rings (SSSR count). The number of rotatable bonds is 7. The molecule has 1 saturated heterocycles. The lowest BCUT2D eigenvalue weighted by Gasteiger charge is -2.24. The van der Waals surface area contributed by atoms with Gasteiger partial charge in [-0.15, -0.1) is 0 Å². The average Bonchev–Trinajstić information content (AvgIpc) is 3.31. The van der Waals surface area contributed by atoms with Crippen molar-refractivity contribution in [2.45, 2.75) is 25.8 Å². The molecule has 138 valence electrons. The first-order chi connectivity index (χ1) is 12.6. The minimum atomic E-state index is -1.07. The molecule has 0 spiro atoms. The molecule has 1 aliphatic rings. The topological polar surface area (TPSA) is 76.1 Å². The maximum absolute atomic E-state index is 13.0. The molecule has 2 heterocycles. The van der Waals surface area contributed by atoms with Crippen molar-refractivity contribution in [1.82, 2.24) is 4.90 Å². The Kier molecular flexibility index (Phi) is 5.78. The molecule has 1 fully saturated rings. The number of nitrogens with zero attached hydrogens (tertiary/aromatic N) is 1. The number of carboxylic acids is 1. The summed E-state index contributed by atoms with van der Waals surface area (Å²) in [6, 6.07) is 7.05. The van der Waals surface area contributed by atoms with E-state index in [0.717, 1.165) is 19.4 Å². The molecule has 0 bridgehead atoms. The van der Waals surface area contributed by atoms with E-state index in [9.17, 15) is 9.59 Å². The number of carbonyl (C=O) groups is 2. The van der Waals surface area contributed by atoms with E-state index in [1.54, 1.807) is 29.5 Å². The van der Waals surface area contributed by atoms with Crippen molar-refractivity contribution in [3.05, 3.63) is 46.2 Å². The Morgan fingerprint density at radius 2 is 2.12 bits per heavy atom. The van der Waals surface area contributed by atoms with Gasteiger partial charge in [0.15, 0.2) is 18.1 Å². The van der Waals surface area contributed by atoms with Gasteiger partial charge in [0.2, 0.25) is 0 Å². The number of carboxylic acid groups (broad SMARTS) is 1. The fraction of sp³-hybridized carbons (Fsp3) is 0.368. The van der Waals surface area contributed by atoms with Crippen LogP contribution >= 0.6 is 11.3 Å². The van der Waals surface area contributed by atoms with E-state index in [2.05, 4.69) is 11.4 Å². The van der Waals surface area contributed by atoms with Gasteiger partial charge in [0, 0.05) is 12.1 Å². The van der Waals surface area contributed by atoms with Crippen LogP contribution in [0.5, 0.6) is 11.5 Å². The van der Waals surface area contributed by atoms with Gasteiger partial charge in [-0.3, -0.25) is 4.79 Å². The zero-order chi connectivity index (χ0) is 18.5. The number of amides is 1. The highest BCUT2D eigenvalue weighted by Gasteiger charge is 2.31. The molecule has 1 aromatic carbocycles. The normalized spacial score (nSPS) is 16.5. The van der Waals surface area contributed by atoms with Crippen LogP contribution in [0.3, 0.4) is 0 Å². The van der Waals surface area contributed by atoms with Gasteiger partial charge in [0.1, 0.15) is 0 Å². The molecule has 0 radical (unpaired) electrons. The molecule has 1 aliphatic heterocycles. The molecule has 2 aromatic rings. The van der Waals surface area contributed by atoms with Crippen molar-refractivity contribution in [1.29, 1.82) is 0 Å². The van der Waals surface area contributed by atoms with Crippen molar-refractivity contribution < 1.29 is 24.2 Å². The molecule has 1 amide bonds. The molecule has 26 heavy (non-hydrogen) atoms. The number of likely N-dealkylation sites (tertiary alicyclic amines) is 1. The van der Waals surface area contributed by atoms with Crippen LogP contribution in [0.25, 0.3) is 0 Å². The van der Waals surface area contributed by atoms with Crippen molar-refractivity contribution in [3.8, 4) is 11.5 Å². The van der Waals surface area contributed by atoms with Gasteiger partial charge in [-0.05, 0) is 60.4 Å². The Morgan fingerprint density at radius 3 is 2.81 bits per heavy atom. The number of carbonyl (C=O) groups excluding carboxylic acids is 1. The Labute approximate surface area is 156 Å². The predicted octanol–water partition coefficient (Wildman–Crippen LogP) is 3.59. The minimum absolute atomic E-state index is 0.0514. The highest BCUT2D eigenvalue weighted by molar-refractivity contribution is 7.08. The highest BCUT2D eigenvalue weighted by atomic mass is 32.1. The third kappa shape index (κ3) is 3.99. The smallest absolute Gasteiger partial charge is 0.341 e. The molecule has 6 nitrogen and oxygen atoms in total. The van der Waals surface area contributed by atoms with Crippen LogP contribution in [-0.4, -0.2) is 41.6 Å². The van der Waals surface area contributed by atoms with E-state index in [4.69, 9.17) is 14.6 Å². The summed E-state index contributed by atoms with van der Waals surface area (Å²) >= 11 is 1.63. The lowest BCUT2D eigenvalue weighted by atomic mass is 10.1. The molecule has 1 N–H and O–H groups in total. The second-order valence-electron chi connectivity index (χ2n) is 5.99. The van der Waals surface area contributed by atoms with Gasteiger partial charge in [-0.1, -0.05) is 0 Å². The zero-order valence-corrected chi connectivity index (χ0v) is 15.3. The summed E-state index contributed by atoms with van der Waals surface area (Å²) in [6.45, 7) is 2.48. The number of hydrogen-bond acceptors (Lipinski definition) is 5. The molecule has 7 heteroatoms. The van der Waals surface area contributed by atoms with Gasteiger partial charge in [0.25, 0.3) is 5.91 Å². The quantitative estimate of drug-likeness (QED) is 0.800. The first kappa shape index (κ1) is 18.3. The van der Waals surface area contributed by atoms with E-state index in [1.165, 1.54) is 5.56 Å². The summed E-state index contributed by atoms with van der Waals surface area (Å²) in [5, 5.41) is 12.9. The van der Waals surface area contributed by atoms with Crippen LogP contribution in [0.2, 0.25) is 0 Å². The Balaban J connectivity index is 1.82. The fourth-order valence-corrected chi connectivity index (χ4v) is 3.86. The molecule has 0 unspecified atom stereocenters. The maximum atomic E-state index is 13.0. The third-order valence-corrected chi connectivity index (χ3v) is 4.98. The van der Waals surface area contributed by atoms with E-state index >= 15 is 0 Å². The summed E-state index contributed by atoms with van der Waals surface area (Å²) in [7, 11) is 0. The van der Waals surface area contributed by atoms with Crippen LogP contribution in [0.15, 0.2) is 35.0 Å². The first-order valence-corrected chi connectivity index (χ1v) is 9.49. The standard InChI is InChI=1S/C19H21NO5S/c1-2-24-17-10-13(5-6-16(17)25-11-18(21)22)19(23)20-8-3-4-15(20)14-7-9-26-12-14/h5-7,9-10,12,15H,2-4,8,11H2,1H3,(H,21,22)/t15-/m0/s1. The maximum Gasteiger partial charge on any atom is 0.341 e. The predicted molar refractivity (Wildman–Crippen MR) is 98.1 cm³/mol. The SMILES string of the molecule is CCOc1cc(C(=O)N2CCC[C@H]2c2ccsc2)ccc1OCC(=O)O. The fourth-order valence-electron chi connectivity index (χ4n) is 3.15. The number of thiophene rings is 1. The van der Waals surface area contributed by atoms with Crippen LogP contribution in [0.1, 0.15) is 41.7 Å². The van der Waals surface area contributed by atoms with Crippen molar-refractivity contribution >= 4 is 23.2 Å². The summed E-state index contributed by atoms with van der Waals surface area (Å²) in [5.74, 6) is -0.416. The van der Waals surface area contributed by atoms with Crippen LogP contribution < -0.4 is 9.47 Å². The van der Waals surface area contributed by atoms with Gasteiger partial charge < -0.3 is 19.5 Å². The van der Waals surface area contributed by atoms with E-state index in [-0.39, 0.29) is 11.9 Å². The molecule has 0 aliphatic carbocycles. The molecule has 0 saturated carbocycles. The summed E-state index contributed by atoms with van der Waals surface area (Å²) in [6.07, 6.45) is 1.94. The average molecular weight is 375 g/mol. The van der Waals surface area contributed by atoms with Gasteiger partial charge >= 0.3 is 5.97 Å². The van der Waals surface area contributed by atoms with E-state index in [1.807, 2.05) is 17.2 Å². The largest absolute Gasteiger partial charge is 0.490 e. The zero-order valence-electron chi connectivity index (χ0n) is 14.5. The number of benzene rings is 1. The summed E-state index contributed by atoms with van der Waals surface area (Å²) in [4.78, 5) is 25.6. The lowest BCUT2D eigenvalue weighted by molar-refractivity contribution is -0.139. The monoisotopic (exact) mass is 375 g/mol. The van der Waals surface area contributed by atoms with Gasteiger partial charge in [-0.25, -0.2) is 4.79 Å². The van der Waals surface area contributed by atoms with Gasteiger partial charge in [-0.2, -0.15) is 11.3 Å². The molecular weight excluding hydrogens is 354 g/mol. The van der Waals surface area contributed by atoms with Crippen molar-refractivity contribution in [2.24, 2.45) is 0 Å². The van der Waals surface area contributed by atoms with E-state index in [0.29, 0.717) is 23.7 Å². The number of hydrogen-bond donors (Lipinski definition) is 1. The second kappa shape index (κ2) is 8.23. The second-order valence-corrected chi connectivity index (χ2v) is 6.77. The summed E-state index contributed by atoms with van der Waals surface area (Å²) < 4.78 is 10.8. The van der Waals surface area contributed by atoms with Crippen LogP contribution in [0.4, 0.5) is 0 Å². The Hall–Kier alpha value is -2.54. The van der Waals surface area contributed by atoms with Crippen molar-refractivity contribution in [3.63, 3.8) is 0 Å².